The first-order valence-electron chi connectivity index (χ1n) is 13.3. The van der Waals surface area contributed by atoms with E-state index >= 15 is 0 Å². The Balaban J connectivity index is 0.00000137. The third-order valence-electron chi connectivity index (χ3n) is 7.28. The molecule has 0 radical (unpaired) electrons. The van der Waals surface area contributed by atoms with Crippen molar-refractivity contribution in [2.24, 2.45) is 0 Å². The van der Waals surface area contributed by atoms with E-state index in [1.54, 1.807) is 0 Å². The Morgan fingerprint density at radius 2 is 0.950 bits per heavy atom. The molecule has 1 saturated carbocycles. The van der Waals surface area contributed by atoms with Crippen molar-refractivity contribution in [1.82, 2.24) is 10.6 Å². The molecule has 0 bridgehead atoms. The van der Waals surface area contributed by atoms with Crippen LogP contribution in [0.25, 0.3) is 22.3 Å². The molecule has 5 rings (SSSR count). The molecular formula is C34H41N2O3Ti-. The van der Waals surface area contributed by atoms with E-state index in [0.717, 1.165) is 53.3 Å². The third kappa shape index (κ3) is 8.29. The Morgan fingerprint density at radius 3 is 1.32 bits per heavy atom. The van der Waals surface area contributed by atoms with E-state index in [1.165, 1.54) is 12.8 Å². The number of para-hydroxylation sites is 2. The summed E-state index contributed by atoms with van der Waals surface area (Å²) in [5, 5.41) is 36.3. The van der Waals surface area contributed by atoms with E-state index in [9.17, 15) is 10.2 Å². The van der Waals surface area contributed by atoms with Gasteiger partial charge >= 0.3 is 0 Å². The topological polar surface area (TPSA) is 84.8 Å². The number of benzene rings is 4. The SMILES string of the molecule is CO.Oc1c(CNC2CCCC[C@H]2NCc2cccc(-c3ccccc3)c2O)cccc1-c1ccccc1.[CH3-].[Ti]. The molecule has 0 amide bonds. The molecule has 4 aromatic carbocycles. The Kier molecular flexibility index (Phi) is 14.2. The summed E-state index contributed by atoms with van der Waals surface area (Å²) in [7, 11) is 1.00. The first-order valence-corrected chi connectivity index (χ1v) is 13.3. The van der Waals surface area contributed by atoms with Crippen LogP contribution in [0.4, 0.5) is 0 Å². The number of phenols is 2. The average molecular weight is 574 g/mol. The maximum atomic E-state index is 11.0. The van der Waals surface area contributed by atoms with Crippen LogP contribution in [0, 0.1) is 7.43 Å². The summed E-state index contributed by atoms with van der Waals surface area (Å²) in [5.41, 5.74) is 5.59. The molecule has 5 nitrogen and oxygen atoms in total. The van der Waals surface area contributed by atoms with Gasteiger partial charge in [0.2, 0.25) is 0 Å². The molecule has 1 aliphatic rings. The zero-order valence-corrected chi connectivity index (χ0v) is 25.0. The average Bonchev–Trinajstić information content (AvgIpc) is 2.98. The van der Waals surface area contributed by atoms with Gasteiger partial charge in [-0.2, -0.15) is 0 Å². The van der Waals surface area contributed by atoms with Gasteiger partial charge < -0.3 is 33.4 Å². The molecule has 6 heteroatoms. The number of nitrogens with one attached hydrogen (secondary N) is 2. The number of hydrogen-bond donors (Lipinski definition) is 5. The van der Waals surface area contributed by atoms with Crippen LogP contribution in [0.5, 0.6) is 11.5 Å². The molecule has 1 unspecified atom stereocenters. The van der Waals surface area contributed by atoms with Gasteiger partial charge in [0.1, 0.15) is 11.5 Å². The van der Waals surface area contributed by atoms with Crippen molar-refractivity contribution in [1.29, 1.82) is 0 Å². The van der Waals surface area contributed by atoms with Gasteiger partial charge in [-0.3, -0.25) is 0 Å². The van der Waals surface area contributed by atoms with Gasteiger partial charge in [0, 0.05) is 76.3 Å². The van der Waals surface area contributed by atoms with Crippen LogP contribution >= 0.6 is 0 Å². The van der Waals surface area contributed by atoms with Gasteiger partial charge in [-0.15, -0.1) is 0 Å². The summed E-state index contributed by atoms with van der Waals surface area (Å²) in [5.74, 6) is 0.693. The Bertz CT molecular complexity index is 1180. The van der Waals surface area contributed by atoms with Crippen LogP contribution in [-0.4, -0.2) is 34.5 Å². The molecular weight excluding hydrogens is 532 g/mol. The number of hydrogen-bond acceptors (Lipinski definition) is 5. The predicted octanol–water partition coefficient (Wildman–Crippen LogP) is 6.68. The molecule has 1 fully saturated rings. The van der Waals surface area contributed by atoms with Gasteiger partial charge in [0.25, 0.3) is 0 Å². The van der Waals surface area contributed by atoms with Gasteiger partial charge in [-0.05, 0) is 24.0 Å². The standard InChI is InChI=1S/C32H34N2O2.CH4O.CH3.Ti/c35-31-25(15-9-17-27(31)23-11-3-1-4-12-23)21-33-29-19-7-8-20-30(29)34-22-26-16-10-18-28(32(26)36)24-13-5-2-6-14-24;1-2;;/h1-6,9-18,29-30,33-36H,7-8,19-22H2;2H,1H3;1H3;/q;;-1;/t29-,30?;;;/m1.../s1. The maximum Gasteiger partial charge on any atom is 0.127 e. The first-order chi connectivity index (χ1) is 18.7. The molecule has 2 atom stereocenters. The van der Waals surface area contributed by atoms with Gasteiger partial charge in [-0.1, -0.05) is 110 Å². The van der Waals surface area contributed by atoms with E-state index in [2.05, 4.69) is 10.6 Å². The number of aliphatic hydroxyl groups excluding tert-OH is 1. The van der Waals surface area contributed by atoms with Crippen LogP contribution in [0.1, 0.15) is 36.8 Å². The zero-order valence-electron chi connectivity index (χ0n) is 23.5. The summed E-state index contributed by atoms with van der Waals surface area (Å²) >= 11 is 0. The van der Waals surface area contributed by atoms with Crippen molar-refractivity contribution < 1.29 is 37.0 Å². The van der Waals surface area contributed by atoms with Gasteiger partial charge in [-0.25, -0.2) is 0 Å². The van der Waals surface area contributed by atoms with E-state index in [1.807, 2.05) is 97.1 Å². The van der Waals surface area contributed by atoms with Crippen LogP contribution < -0.4 is 10.6 Å². The monoisotopic (exact) mass is 573 g/mol. The molecule has 210 valence electrons. The van der Waals surface area contributed by atoms with E-state index < -0.39 is 0 Å². The van der Waals surface area contributed by atoms with Crippen LogP contribution in [0.2, 0.25) is 0 Å². The summed E-state index contributed by atoms with van der Waals surface area (Å²) in [6, 6.07) is 32.6. The smallest absolute Gasteiger partial charge is 0.127 e. The number of phenolic OH excluding ortho intramolecular Hbond substituents is 2. The largest absolute Gasteiger partial charge is 0.507 e. The summed E-state index contributed by atoms with van der Waals surface area (Å²) in [4.78, 5) is 0. The predicted molar refractivity (Wildman–Crippen MR) is 161 cm³/mol. The normalized spacial score (nSPS) is 16.1. The van der Waals surface area contributed by atoms with Gasteiger partial charge in [0.05, 0.1) is 0 Å². The van der Waals surface area contributed by atoms with E-state index in [-0.39, 0.29) is 29.1 Å². The number of aromatic hydroxyl groups is 2. The third-order valence-corrected chi connectivity index (χ3v) is 7.28. The van der Waals surface area contributed by atoms with Crippen molar-refractivity contribution in [3.8, 4) is 33.8 Å². The summed E-state index contributed by atoms with van der Waals surface area (Å²) in [6.45, 7) is 1.23. The molecule has 4 aromatic rings. The fourth-order valence-electron chi connectivity index (χ4n) is 5.27. The quantitative estimate of drug-likeness (QED) is 0.120. The number of rotatable bonds is 8. The van der Waals surface area contributed by atoms with Crippen molar-refractivity contribution in [2.75, 3.05) is 7.11 Å². The molecule has 0 spiro atoms. The fraction of sp³-hybridized carbons (Fsp3) is 0.265. The van der Waals surface area contributed by atoms with Crippen LogP contribution in [0.3, 0.4) is 0 Å². The molecule has 5 N–H and O–H groups in total. The molecule has 1 aliphatic carbocycles. The van der Waals surface area contributed by atoms with Crippen LogP contribution in [0.15, 0.2) is 97.1 Å². The summed E-state index contributed by atoms with van der Waals surface area (Å²) in [6.07, 6.45) is 4.57. The van der Waals surface area contributed by atoms with Crippen LogP contribution in [-0.2, 0) is 34.8 Å². The molecule has 0 saturated heterocycles. The van der Waals surface area contributed by atoms with E-state index in [0.29, 0.717) is 36.7 Å². The van der Waals surface area contributed by atoms with E-state index in [4.69, 9.17) is 5.11 Å². The second-order valence-electron chi connectivity index (χ2n) is 9.62. The molecule has 0 aliphatic heterocycles. The fourth-order valence-corrected chi connectivity index (χ4v) is 5.27. The molecule has 40 heavy (non-hydrogen) atoms. The molecule has 0 heterocycles. The second-order valence-corrected chi connectivity index (χ2v) is 9.62. The Hall–Kier alpha value is -2.93. The zero-order chi connectivity index (χ0) is 26.7. The minimum absolute atomic E-state index is 0. The van der Waals surface area contributed by atoms with Crippen molar-refractivity contribution in [3.63, 3.8) is 0 Å². The van der Waals surface area contributed by atoms with Crippen molar-refractivity contribution in [3.05, 3.63) is 116 Å². The van der Waals surface area contributed by atoms with Crippen molar-refractivity contribution in [2.45, 2.75) is 50.9 Å². The molecule has 0 aromatic heterocycles. The first kappa shape index (κ1) is 33.3. The Morgan fingerprint density at radius 1 is 0.575 bits per heavy atom. The minimum atomic E-state index is 0. The maximum absolute atomic E-state index is 11.0. The number of aliphatic hydroxyl groups is 1. The van der Waals surface area contributed by atoms with Crippen molar-refractivity contribution >= 4 is 0 Å². The second kappa shape index (κ2) is 17.0. The Labute approximate surface area is 254 Å². The van der Waals surface area contributed by atoms with Gasteiger partial charge in [0.15, 0.2) is 0 Å². The summed E-state index contributed by atoms with van der Waals surface area (Å²) < 4.78 is 0. The minimum Gasteiger partial charge on any atom is -0.507 e.